The number of nitrogens with zero attached hydrogens (tertiary/aromatic N) is 1. The first-order valence-electron chi connectivity index (χ1n) is 11.2. The number of rotatable bonds is 13. The van der Waals surface area contributed by atoms with Gasteiger partial charge in [-0.15, -0.1) is 11.3 Å². The third-order valence-electron chi connectivity index (χ3n) is 5.31. The summed E-state index contributed by atoms with van der Waals surface area (Å²) in [4.78, 5) is 28.7. The maximum Gasteiger partial charge on any atom is 0.244 e. The maximum atomic E-state index is 13.1. The molecule has 3 rings (SSSR count). The Kier molecular flexibility index (Phi) is 9.94. The molecule has 3 aromatic rings. The van der Waals surface area contributed by atoms with Crippen molar-refractivity contribution in [1.29, 1.82) is 0 Å². The molecule has 0 aliphatic carbocycles. The van der Waals surface area contributed by atoms with Gasteiger partial charge >= 0.3 is 0 Å². The minimum atomic E-state index is -4.00. The van der Waals surface area contributed by atoms with E-state index in [0.717, 1.165) is 5.56 Å². The van der Waals surface area contributed by atoms with Crippen molar-refractivity contribution in [3.8, 4) is 17.0 Å². The molecule has 1 atom stereocenters. The third-order valence-corrected chi connectivity index (χ3v) is 7.55. The Balaban J connectivity index is 1.70. The van der Waals surface area contributed by atoms with Crippen molar-refractivity contribution < 1.29 is 28.0 Å². The molecular weight excluding hydrogens is 504 g/mol. The lowest BCUT2D eigenvalue weighted by Gasteiger charge is -2.18. The number of hydrogen-bond donors (Lipinski definition) is 4. The van der Waals surface area contributed by atoms with E-state index in [2.05, 4.69) is 15.0 Å². The highest BCUT2D eigenvalue weighted by Crippen LogP contribution is 2.25. The van der Waals surface area contributed by atoms with Gasteiger partial charge in [0.25, 0.3) is 0 Å². The highest BCUT2D eigenvalue weighted by molar-refractivity contribution is 7.89. The number of anilines is 1. The number of unbranched alkanes of at least 4 members (excludes halogenated alkanes) is 2. The maximum absolute atomic E-state index is 13.1. The van der Waals surface area contributed by atoms with E-state index in [1.54, 1.807) is 5.48 Å². The van der Waals surface area contributed by atoms with E-state index < -0.39 is 27.9 Å². The highest BCUT2D eigenvalue weighted by atomic mass is 32.2. The highest BCUT2D eigenvalue weighted by Gasteiger charge is 2.26. The van der Waals surface area contributed by atoms with Crippen LogP contribution in [0.4, 0.5) is 5.13 Å². The van der Waals surface area contributed by atoms with Crippen LogP contribution in [0, 0.1) is 0 Å². The predicted molar refractivity (Wildman–Crippen MR) is 136 cm³/mol. The average molecular weight is 533 g/mol. The molecule has 4 N–H and O–H groups in total. The van der Waals surface area contributed by atoms with E-state index >= 15 is 0 Å². The molecule has 36 heavy (non-hydrogen) atoms. The summed E-state index contributed by atoms with van der Waals surface area (Å²) in [5.74, 6) is -0.523. The fourth-order valence-electron chi connectivity index (χ4n) is 3.39. The van der Waals surface area contributed by atoms with E-state index in [4.69, 9.17) is 9.94 Å². The third kappa shape index (κ3) is 7.85. The number of hydrogen-bond acceptors (Lipinski definition) is 8. The largest absolute Gasteiger partial charge is 0.497 e. The second kappa shape index (κ2) is 13.1. The first-order valence-corrected chi connectivity index (χ1v) is 13.6. The molecule has 0 aliphatic rings. The van der Waals surface area contributed by atoms with Crippen molar-refractivity contribution in [1.82, 2.24) is 15.2 Å². The zero-order chi connectivity index (χ0) is 26.0. The second-order valence-corrected chi connectivity index (χ2v) is 10.4. The van der Waals surface area contributed by atoms with Crippen LogP contribution in [0.5, 0.6) is 5.75 Å². The Bertz CT molecular complexity index is 1250. The van der Waals surface area contributed by atoms with Gasteiger partial charge in [0.15, 0.2) is 5.13 Å². The summed E-state index contributed by atoms with van der Waals surface area (Å²) in [6, 6.07) is 14.3. The number of nitrogens with one attached hydrogen (secondary N) is 3. The summed E-state index contributed by atoms with van der Waals surface area (Å²) in [6.07, 6.45) is 1.87. The lowest BCUT2D eigenvalue weighted by molar-refractivity contribution is -0.129. The molecule has 2 aromatic carbocycles. The van der Waals surface area contributed by atoms with Crippen LogP contribution in [0.15, 0.2) is 64.9 Å². The monoisotopic (exact) mass is 532 g/mol. The molecule has 1 heterocycles. The van der Waals surface area contributed by atoms with Gasteiger partial charge in [0.05, 0.1) is 17.7 Å². The number of ether oxygens (including phenoxy) is 1. The number of sulfonamides is 1. The average Bonchev–Trinajstić information content (AvgIpc) is 3.36. The minimum absolute atomic E-state index is 0.00123. The first kappa shape index (κ1) is 27.3. The molecule has 12 heteroatoms. The Morgan fingerprint density at radius 2 is 1.78 bits per heavy atom. The normalized spacial score (nSPS) is 12.1. The number of carbonyl (C=O) groups is 2. The lowest BCUT2D eigenvalue weighted by atomic mass is 10.1. The smallest absolute Gasteiger partial charge is 0.244 e. The van der Waals surface area contributed by atoms with Crippen molar-refractivity contribution >= 4 is 38.3 Å². The van der Waals surface area contributed by atoms with Crippen LogP contribution in [0.2, 0.25) is 0 Å². The van der Waals surface area contributed by atoms with Crippen molar-refractivity contribution in [2.45, 2.75) is 43.0 Å². The predicted octanol–water partition coefficient (Wildman–Crippen LogP) is 3.56. The van der Waals surface area contributed by atoms with Gasteiger partial charge in [0.1, 0.15) is 11.8 Å². The zero-order valence-corrected chi connectivity index (χ0v) is 21.3. The molecule has 0 aliphatic heterocycles. The minimum Gasteiger partial charge on any atom is -0.497 e. The molecule has 1 aromatic heterocycles. The quantitative estimate of drug-likeness (QED) is 0.149. The molecule has 192 valence electrons. The number of amides is 2. The van der Waals surface area contributed by atoms with Crippen LogP contribution in [0.3, 0.4) is 0 Å². The van der Waals surface area contributed by atoms with E-state index in [1.165, 1.54) is 42.7 Å². The first-order chi connectivity index (χ1) is 17.3. The van der Waals surface area contributed by atoms with E-state index in [-0.39, 0.29) is 17.7 Å². The Morgan fingerprint density at radius 1 is 1.06 bits per heavy atom. The van der Waals surface area contributed by atoms with Crippen molar-refractivity contribution in [3.05, 3.63) is 60.0 Å². The zero-order valence-electron chi connectivity index (χ0n) is 19.6. The summed E-state index contributed by atoms with van der Waals surface area (Å²) in [6.45, 7) is 0. The number of benzene rings is 2. The number of aromatic nitrogens is 1. The molecule has 0 unspecified atom stereocenters. The van der Waals surface area contributed by atoms with Gasteiger partial charge in [-0.3, -0.25) is 14.8 Å². The number of hydroxylamine groups is 1. The van der Waals surface area contributed by atoms with Crippen LogP contribution in [0.25, 0.3) is 11.3 Å². The van der Waals surface area contributed by atoms with Gasteiger partial charge < -0.3 is 10.1 Å². The van der Waals surface area contributed by atoms with Crippen molar-refractivity contribution in [3.63, 3.8) is 0 Å². The Morgan fingerprint density at radius 3 is 2.44 bits per heavy atom. The van der Waals surface area contributed by atoms with Crippen LogP contribution in [-0.2, 0) is 19.6 Å². The number of methoxy groups -OCH3 is 1. The van der Waals surface area contributed by atoms with E-state index in [9.17, 15) is 18.0 Å². The molecule has 0 fully saturated rings. The van der Waals surface area contributed by atoms with E-state index in [1.807, 2.05) is 35.7 Å². The fraction of sp³-hybridized carbons (Fsp3) is 0.292. The number of carbonyl (C=O) groups excluding carboxylic acids is 2. The summed E-state index contributed by atoms with van der Waals surface area (Å²) < 4.78 is 33.5. The van der Waals surface area contributed by atoms with Crippen LogP contribution >= 0.6 is 11.3 Å². The molecule has 0 bridgehead atoms. The van der Waals surface area contributed by atoms with Gasteiger partial charge in [-0.2, -0.15) is 4.72 Å². The van der Waals surface area contributed by atoms with Gasteiger partial charge in [-0.1, -0.05) is 43.2 Å². The fourth-order valence-corrected chi connectivity index (χ4v) is 5.34. The summed E-state index contributed by atoms with van der Waals surface area (Å²) in [5.41, 5.74) is 3.17. The summed E-state index contributed by atoms with van der Waals surface area (Å²) >= 11 is 1.24. The van der Waals surface area contributed by atoms with Gasteiger partial charge in [0.2, 0.25) is 21.8 Å². The van der Waals surface area contributed by atoms with Crippen LogP contribution in [-0.4, -0.2) is 43.6 Å². The molecule has 0 saturated heterocycles. The molecular formula is C24H28N4O6S2. The topological polar surface area (TPSA) is 147 Å². The lowest BCUT2D eigenvalue weighted by Crippen LogP contribution is -2.43. The molecule has 10 nitrogen and oxygen atoms in total. The summed E-state index contributed by atoms with van der Waals surface area (Å²) in [5, 5.41) is 13.5. The van der Waals surface area contributed by atoms with Gasteiger partial charge in [-0.25, -0.2) is 18.9 Å². The van der Waals surface area contributed by atoms with Crippen LogP contribution < -0.4 is 20.3 Å². The van der Waals surface area contributed by atoms with Crippen molar-refractivity contribution in [2.24, 2.45) is 0 Å². The molecule has 0 spiro atoms. The SMILES string of the molecule is COc1ccc(S(=O)(=O)N[C@@H](CCCCCC(=O)NO)C(=O)Nc2nc(-c3ccccc3)cs2)cc1. The van der Waals surface area contributed by atoms with Gasteiger partial charge in [-0.05, 0) is 37.1 Å². The summed E-state index contributed by atoms with van der Waals surface area (Å²) in [7, 11) is -2.52. The Labute approximate surface area is 213 Å². The molecule has 0 radical (unpaired) electrons. The van der Waals surface area contributed by atoms with Gasteiger partial charge in [0, 0.05) is 17.4 Å². The van der Waals surface area contributed by atoms with Crippen molar-refractivity contribution in [2.75, 3.05) is 12.4 Å². The van der Waals surface area contributed by atoms with E-state index in [0.29, 0.717) is 35.8 Å². The van der Waals surface area contributed by atoms with Crippen LogP contribution in [0.1, 0.15) is 32.1 Å². The second-order valence-electron chi connectivity index (χ2n) is 7.88. The Hall–Kier alpha value is -3.32. The standard InChI is InChI=1S/C24H28N4O6S2/c1-34-18-12-14-19(15-13-18)36(32,33)28-20(10-6-3-7-11-22(29)27-31)23(30)26-24-25-21(16-35-24)17-8-4-2-5-9-17/h2,4-5,8-9,12-16,20,28,31H,3,6-7,10-11H2,1H3,(H,27,29)(H,25,26,30)/t20-/m0/s1. The molecule has 2 amide bonds. The number of thiazole rings is 1. The molecule has 0 saturated carbocycles.